The van der Waals surface area contributed by atoms with Crippen LogP contribution in [0, 0.1) is 16.2 Å². The van der Waals surface area contributed by atoms with Crippen LogP contribution in [0.4, 0.5) is 0 Å². The number of halogens is 1. The number of esters is 2. The molecule has 3 atom stereocenters. The van der Waals surface area contributed by atoms with Crippen molar-refractivity contribution in [3.05, 3.63) is 30.0 Å². The molecule has 0 unspecified atom stereocenters. The van der Waals surface area contributed by atoms with Crippen molar-refractivity contribution in [2.24, 2.45) is 16.2 Å². The second-order valence-corrected chi connectivity index (χ2v) is 10.9. The molecule has 180 valence electrons. The van der Waals surface area contributed by atoms with Gasteiger partial charge in [-0.15, -0.1) is 0 Å². The summed E-state index contributed by atoms with van der Waals surface area (Å²) in [5.41, 5.74) is -1.22. The number of aliphatic hydroxyl groups excluding tert-OH is 1. The SMILES string of the molecule is C=C1[C@@H](n2cnc3c(Cl)ncnc32)C[C@H](OC(=O)C(C)(C)C)[C@@]1(CO)COC(=O)C(C)(C)C. The Morgan fingerprint density at radius 2 is 1.82 bits per heavy atom. The van der Waals surface area contributed by atoms with E-state index in [-0.39, 0.29) is 11.8 Å². The molecule has 0 radical (unpaired) electrons. The summed E-state index contributed by atoms with van der Waals surface area (Å²) in [6.45, 7) is 14.1. The van der Waals surface area contributed by atoms with E-state index >= 15 is 0 Å². The number of aromatic nitrogens is 4. The minimum atomic E-state index is -1.19. The van der Waals surface area contributed by atoms with Crippen molar-refractivity contribution in [2.45, 2.75) is 60.1 Å². The number of aliphatic hydroxyl groups is 1. The molecular formula is C23H31ClN4O5. The number of hydrogen-bond donors (Lipinski definition) is 1. The number of fused-ring (bicyclic) bond motifs is 1. The highest BCUT2D eigenvalue weighted by atomic mass is 35.5. The number of imidazole rings is 1. The van der Waals surface area contributed by atoms with E-state index in [4.69, 9.17) is 21.1 Å². The van der Waals surface area contributed by atoms with Gasteiger partial charge in [0.25, 0.3) is 0 Å². The Bertz CT molecular complexity index is 1080. The van der Waals surface area contributed by atoms with Gasteiger partial charge in [-0.05, 0) is 47.1 Å². The van der Waals surface area contributed by atoms with Gasteiger partial charge < -0.3 is 19.1 Å². The van der Waals surface area contributed by atoms with Crippen LogP contribution in [-0.2, 0) is 19.1 Å². The number of ether oxygens (including phenoxy) is 2. The summed E-state index contributed by atoms with van der Waals surface area (Å²) in [5.74, 6) is -0.859. The van der Waals surface area contributed by atoms with Crippen LogP contribution >= 0.6 is 11.6 Å². The molecule has 0 saturated heterocycles. The summed E-state index contributed by atoms with van der Waals surface area (Å²) in [6.07, 6.45) is 2.41. The van der Waals surface area contributed by atoms with Gasteiger partial charge in [-0.2, -0.15) is 0 Å². The molecule has 2 aromatic heterocycles. The fourth-order valence-electron chi connectivity index (χ4n) is 3.75. The zero-order valence-electron chi connectivity index (χ0n) is 19.9. The van der Waals surface area contributed by atoms with Crippen LogP contribution in [-0.4, -0.2) is 55.9 Å². The van der Waals surface area contributed by atoms with Gasteiger partial charge in [0.1, 0.15) is 24.6 Å². The Hall–Kier alpha value is -2.52. The highest BCUT2D eigenvalue weighted by molar-refractivity contribution is 6.33. The molecule has 0 aliphatic heterocycles. The van der Waals surface area contributed by atoms with E-state index < -0.39 is 46.9 Å². The van der Waals surface area contributed by atoms with Crippen LogP contribution in [0.25, 0.3) is 11.2 Å². The first-order valence-electron chi connectivity index (χ1n) is 10.7. The molecule has 1 saturated carbocycles. The average Bonchev–Trinajstić information content (AvgIpc) is 3.25. The van der Waals surface area contributed by atoms with Crippen LogP contribution in [0.3, 0.4) is 0 Å². The molecule has 1 N–H and O–H groups in total. The zero-order valence-corrected chi connectivity index (χ0v) is 20.6. The molecule has 0 amide bonds. The van der Waals surface area contributed by atoms with E-state index in [0.717, 1.165) is 0 Å². The lowest BCUT2D eigenvalue weighted by atomic mass is 9.81. The molecule has 0 bridgehead atoms. The summed E-state index contributed by atoms with van der Waals surface area (Å²) >= 11 is 6.16. The molecule has 10 heteroatoms. The second-order valence-electron chi connectivity index (χ2n) is 10.5. The minimum absolute atomic E-state index is 0.181. The Kier molecular flexibility index (Phi) is 6.61. The second kappa shape index (κ2) is 8.68. The van der Waals surface area contributed by atoms with Crippen LogP contribution in [0.1, 0.15) is 54.0 Å². The molecular weight excluding hydrogens is 448 g/mol. The first-order valence-corrected chi connectivity index (χ1v) is 11.1. The van der Waals surface area contributed by atoms with E-state index in [0.29, 0.717) is 23.2 Å². The molecule has 0 spiro atoms. The first-order chi connectivity index (χ1) is 15.2. The van der Waals surface area contributed by atoms with Crippen LogP contribution in [0.5, 0.6) is 0 Å². The highest BCUT2D eigenvalue weighted by Gasteiger charge is 2.55. The Morgan fingerprint density at radius 3 is 2.39 bits per heavy atom. The van der Waals surface area contributed by atoms with E-state index in [1.165, 1.54) is 6.33 Å². The molecule has 2 aromatic rings. The van der Waals surface area contributed by atoms with E-state index in [2.05, 4.69) is 21.5 Å². The summed E-state index contributed by atoms with van der Waals surface area (Å²) in [5, 5.41) is 10.8. The van der Waals surface area contributed by atoms with Gasteiger partial charge >= 0.3 is 11.9 Å². The van der Waals surface area contributed by atoms with Crippen molar-refractivity contribution < 1.29 is 24.2 Å². The molecule has 0 aromatic carbocycles. The van der Waals surface area contributed by atoms with Gasteiger partial charge in [0.15, 0.2) is 10.8 Å². The summed E-state index contributed by atoms with van der Waals surface area (Å²) in [4.78, 5) is 37.8. The summed E-state index contributed by atoms with van der Waals surface area (Å²) < 4.78 is 13.3. The molecule has 3 rings (SSSR count). The lowest BCUT2D eigenvalue weighted by molar-refractivity contribution is -0.171. The van der Waals surface area contributed by atoms with Gasteiger partial charge in [0.05, 0.1) is 35.2 Å². The van der Waals surface area contributed by atoms with E-state index in [1.807, 2.05) is 0 Å². The molecule has 1 fully saturated rings. The van der Waals surface area contributed by atoms with E-state index in [1.54, 1.807) is 52.4 Å². The average molecular weight is 479 g/mol. The predicted molar refractivity (Wildman–Crippen MR) is 122 cm³/mol. The third-order valence-corrected chi connectivity index (χ3v) is 6.24. The van der Waals surface area contributed by atoms with Crippen LogP contribution in [0.2, 0.25) is 5.15 Å². The summed E-state index contributed by atoms with van der Waals surface area (Å²) in [7, 11) is 0. The van der Waals surface area contributed by atoms with Gasteiger partial charge in [-0.25, -0.2) is 15.0 Å². The molecule has 33 heavy (non-hydrogen) atoms. The number of rotatable bonds is 5. The molecule has 2 heterocycles. The van der Waals surface area contributed by atoms with Gasteiger partial charge in [0, 0.05) is 6.42 Å². The fraction of sp³-hybridized carbons (Fsp3) is 0.609. The zero-order chi connectivity index (χ0) is 24.8. The van der Waals surface area contributed by atoms with Crippen molar-refractivity contribution in [1.29, 1.82) is 0 Å². The lowest BCUT2D eigenvalue weighted by Gasteiger charge is -2.35. The molecule has 1 aliphatic carbocycles. The maximum atomic E-state index is 12.8. The third-order valence-electron chi connectivity index (χ3n) is 5.96. The maximum absolute atomic E-state index is 12.8. The number of hydrogen-bond acceptors (Lipinski definition) is 8. The number of nitrogens with zero attached hydrogens (tertiary/aromatic N) is 4. The van der Waals surface area contributed by atoms with Crippen molar-refractivity contribution >= 4 is 34.7 Å². The number of carbonyl (C=O) groups excluding carboxylic acids is 2. The Labute approximate surface area is 198 Å². The van der Waals surface area contributed by atoms with Gasteiger partial charge in [-0.3, -0.25) is 9.59 Å². The maximum Gasteiger partial charge on any atom is 0.311 e. The quantitative estimate of drug-likeness (QED) is 0.394. The van der Waals surface area contributed by atoms with Crippen molar-refractivity contribution in [3.63, 3.8) is 0 Å². The van der Waals surface area contributed by atoms with Crippen LogP contribution < -0.4 is 0 Å². The van der Waals surface area contributed by atoms with Gasteiger partial charge in [0.2, 0.25) is 0 Å². The van der Waals surface area contributed by atoms with Gasteiger partial charge in [-0.1, -0.05) is 18.2 Å². The van der Waals surface area contributed by atoms with Crippen molar-refractivity contribution in [3.8, 4) is 0 Å². The normalized spacial score (nSPS) is 23.7. The predicted octanol–water partition coefficient (Wildman–Crippen LogP) is 3.51. The summed E-state index contributed by atoms with van der Waals surface area (Å²) in [6, 6.07) is -0.431. The Balaban J connectivity index is 2.03. The Morgan fingerprint density at radius 1 is 1.18 bits per heavy atom. The smallest absolute Gasteiger partial charge is 0.311 e. The lowest BCUT2D eigenvalue weighted by Crippen LogP contribution is -2.45. The standard InChI is InChI=1S/C23H31ClN4O5/c1-13-14(28-12-27-16-17(24)25-11-26-18(16)28)8-15(33-20(31)22(5,6)7)23(13,9-29)10-32-19(30)21(2,3)4/h11-12,14-15,29H,1,8-10H2,2-7H3/t14-,15-,23-/m0/s1. The monoisotopic (exact) mass is 478 g/mol. The topological polar surface area (TPSA) is 116 Å². The molecule has 9 nitrogen and oxygen atoms in total. The van der Waals surface area contributed by atoms with E-state index in [9.17, 15) is 14.7 Å². The van der Waals surface area contributed by atoms with Crippen LogP contribution in [0.15, 0.2) is 24.8 Å². The molecule has 1 aliphatic rings. The number of carbonyl (C=O) groups is 2. The minimum Gasteiger partial charge on any atom is -0.464 e. The first kappa shape index (κ1) is 25.1. The fourth-order valence-corrected chi connectivity index (χ4v) is 3.93. The van der Waals surface area contributed by atoms with Crippen molar-refractivity contribution in [1.82, 2.24) is 19.5 Å². The largest absolute Gasteiger partial charge is 0.464 e. The van der Waals surface area contributed by atoms with Crippen molar-refractivity contribution in [2.75, 3.05) is 13.2 Å². The third kappa shape index (κ3) is 4.61. The highest BCUT2D eigenvalue weighted by Crippen LogP contribution is 2.51.